The van der Waals surface area contributed by atoms with Crippen LogP contribution in [0.3, 0.4) is 0 Å². The molecule has 0 aromatic carbocycles. The number of thiazole rings is 1. The Hall–Kier alpha value is -2.08. The van der Waals surface area contributed by atoms with Crippen molar-refractivity contribution in [2.75, 3.05) is 5.32 Å². The monoisotopic (exact) mass is 288 g/mol. The molecule has 0 aliphatic heterocycles. The standard InChI is InChI=1S/C14H16N4OS/c1-3-17-9-11(4-5-13(17)19)15-8-12-10(2)16-14-18(12)6-7-20-14/h4-7,9,15H,3,8H2,1-2H3. The fraction of sp³-hybridized carbons (Fsp3) is 0.286. The van der Waals surface area contributed by atoms with E-state index >= 15 is 0 Å². The molecule has 1 N–H and O–H groups in total. The number of fused-ring (bicyclic) bond motifs is 1. The van der Waals surface area contributed by atoms with Crippen molar-refractivity contribution in [3.8, 4) is 0 Å². The van der Waals surface area contributed by atoms with Crippen LogP contribution in [-0.2, 0) is 13.1 Å². The fourth-order valence-corrected chi connectivity index (χ4v) is 3.00. The highest BCUT2D eigenvalue weighted by Gasteiger charge is 2.09. The molecule has 3 aromatic heterocycles. The van der Waals surface area contributed by atoms with Crippen LogP contribution in [0.1, 0.15) is 18.3 Å². The van der Waals surface area contributed by atoms with E-state index in [0.717, 1.165) is 22.0 Å². The summed E-state index contributed by atoms with van der Waals surface area (Å²) in [6.07, 6.45) is 3.88. The number of aromatic nitrogens is 3. The lowest BCUT2D eigenvalue weighted by Gasteiger charge is -2.09. The molecule has 5 nitrogen and oxygen atoms in total. The molecule has 0 unspecified atom stereocenters. The lowest BCUT2D eigenvalue weighted by molar-refractivity contribution is 0.727. The van der Waals surface area contributed by atoms with E-state index < -0.39 is 0 Å². The number of pyridine rings is 1. The lowest BCUT2D eigenvalue weighted by Crippen LogP contribution is -2.18. The Kier molecular flexibility index (Phi) is 3.31. The number of hydrogen-bond acceptors (Lipinski definition) is 4. The molecule has 0 radical (unpaired) electrons. The highest BCUT2D eigenvalue weighted by molar-refractivity contribution is 7.15. The highest BCUT2D eigenvalue weighted by Crippen LogP contribution is 2.17. The van der Waals surface area contributed by atoms with Gasteiger partial charge in [-0.3, -0.25) is 9.20 Å². The van der Waals surface area contributed by atoms with Crippen LogP contribution in [-0.4, -0.2) is 14.0 Å². The molecule has 0 aliphatic rings. The Morgan fingerprint density at radius 3 is 3.05 bits per heavy atom. The number of nitrogens with zero attached hydrogens (tertiary/aromatic N) is 3. The number of imidazole rings is 1. The van der Waals surface area contributed by atoms with Crippen molar-refractivity contribution in [1.29, 1.82) is 0 Å². The van der Waals surface area contributed by atoms with Gasteiger partial charge in [0, 0.05) is 30.4 Å². The van der Waals surface area contributed by atoms with E-state index in [2.05, 4.69) is 14.7 Å². The van der Waals surface area contributed by atoms with Gasteiger partial charge in [-0.15, -0.1) is 11.3 Å². The summed E-state index contributed by atoms with van der Waals surface area (Å²) in [6.45, 7) is 5.34. The third-order valence-electron chi connectivity index (χ3n) is 3.35. The molecule has 20 heavy (non-hydrogen) atoms. The van der Waals surface area contributed by atoms with E-state index in [1.54, 1.807) is 22.0 Å². The Balaban J connectivity index is 1.84. The van der Waals surface area contributed by atoms with E-state index in [-0.39, 0.29) is 5.56 Å². The molecule has 0 fully saturated rings. The number of nitrogens with one attached hydrogen (secondary N) is 1. The van der Waals surface area contributed by atoms with Gasteiger partial charge in [0.05, 0.1) is 23.6 Å². The van der Waals surface area contributed by atoms with Crippen LogP contribution in [0.25, 0.3) is 4.96 Å². The smallest absolute Gasteiger partial charge is 0.250 e. The lowest BCUT2D eigenvalue weighted by atomic mass is 10.3. The van der Waals surface area contributed by atoms with E-state index in [4.69, 9.17) is 0 Å². The predicted octanol–water partition coefficient (Wildman–Crippen LogP) is 2.50. The van der Waals surface area contributed by atoms with Gasteiger partial charge in [-0.1, -0.05) is 0 Å². The number of rotatable bonds is 4. The zero-order valence-corrected chi connectivity index (χ0v) is 12.3. The number of hydrogen-bond donors (Lipinski definition) is 1. The van der Waals surface area contributed by atoms with Gasteiger partial charge >= 0.3 is 0 Å². The minimum atomic E-state index is 0.0267. The van der Waals surface area contributed by atoms with E-state index in [9.17, 15) is 4.79 Å². The van der Waals surface area contributed by atoms with Gasteiger partial charge in [-0.05, 0) is 19.9 Å². The summed E-state index contributed by atoms with van der Waals surface area (Å²) in [5, 5.41) is 5.39. The fourth-order valence-electron chi connectivity index (χ4n) is 2.22. The van der Waals surface area contributed by atoms with Crippen molar-refractivity contribution >= 4 is 22.0 Å². The average molecular weight is 288 g/mol. The maximum absolute atomic E-state index is 11.6. The summed E-state index contributed by atoms with van der Waals surface area (Å²) in [5.74, 6) is 0. The number of anilines is 1. The van der Waals surface area contributed by atoms with Crippen molar-refractivity contribution in [3.63, 3.8) is 0 Å². The summed E-state index contributed by atoms with van der Waals surface area (Å²) >= 11 is 1.63. The molecule has 3 rings (SSSR count). The molecule has 0 atom stereocenters. The first-order valence-corrected chi connectivity index (χ1v) is 7.42. The second kappa shape index (κ2) is 5.13. The molecule has 104 valence electrons. The summed E-state index contributed by atoms with van der Waals surface area (Å²) in [4.78, 5) is 17.1. The molecule has 3 heterocycles. The van der Waals surface area contributed by atoms with Gasteiger partial charge in [-0.2, -0.15) is 0 Å². The molecular formula is C14H16N4OS. The number of aryl methyl sites for hydroxylation is 2. The van der Waals surface area contributed by atoms with Crippen LogP contribution >= 0.6 is 11.3 Å². The van der Waals surface area contributed by atoms with Crippen LogP contribution < -0.4 is 10.9 Å². The van der Waals surface area contributed by atoms with Crippen LogP contribution in [0.5, 0.6) is 0 Å². The van der Waals surface area contributed by atoms with Gasteiger partial charge in [0.15, 0.2) is 4.96 Å². The molecule has 6 heteroatoms. The van der Waals surface area contributed by atoms with Crippen LogP contribution in [0.2, 0.25) is 0 Å². The van der Waals surface area contributed by atoms with Crippen molar-refractivity contribution in [2.24, 2.45) is 0 Å². The van der Waals surface area contributed by atoms with Gasteiger partial charge in [0.25, 0.3) is 5.56 Å². The Morgan fingerprint density at radius 2 is 2.25 bits per heavy atom. The van der Waals surface area contributed by atoms with Crippen LogP contribution in [0.15, 0.2) is 34.7 Å². The highest BCUT2D eigenvalue weighted by atomic mass is 32.1. The van der Waals surface area contributed by atoms with Gasteiger partial charge in [0.2, 0.25) is 0 Å². The van der Waals surface area contributed by atoms with Crippen molar-refractivity contribution in [1.82, 2.24) is 14.0 Å². The normalized spacial score (nSPS) is 11.1. The minimum Gasteiger partial charge on any atom is -0.378 e. The van der Waals surface area contributed by atoms with E-state index in [1.165, 1.54) is 0 Å². The summed E-state index contributed by atoms with van der Waals surface area (Å²) in [6, 6.07) is 3.41. The molecule has 0 bridgehead atoms. The quantitative estimate of drug-likeness (QED) is 0.802. The van der Waals surface area contributed by atoms with E-state index in [1.807, 2.05) is 37.7 Å². The third-order valence-corrected chi connectivity index (χ3v) is 4.10. The van der Waals surface area contributed by atoms with E-state index in [0.29, 0.717) is 13.1 Å². The van der Waals surface area contributed by atoms with Gasteiger partial charge < -0.3 is 9.88 Å². The summed E-state index contributed by atoms with van der Waals surface area (Å²) < 4.78 is 3.79. The maximum atomic E-state index is 11.6. The molecule has 3 aromatic rings. The average Bonchev–Trinajstić information content (AvgIpc) is 2.99. The topological polar surface area (TPSA) is 51.3 Å². The summed E-state index contributed by atoms with van der Waals surface area (Å²) in [7, 11) is 0. The maximum Gasteiger partial charge on any atom is 0.250 e. The van der Waals surface area contributed by atoms with Crippen molar-refractivity contribution < 1.29 is 0 Å². The van der Waals surface area contributed by atoms with Gasteiger partial charge in [0.1, 0.15) is 0 Å². The first kappa shape index (κ1) is 12.9. The largest absolute Gasteiger partial charge is 0.378 e. The third kappa shape index (κ3) is 2.22. The molecule has 0 aliphatic carbocycles. The van der Waals surface area contributed by atoms with Crippen molar-refractivity contribution in [3.05, 3.63) is 51.6 Å². The molecule has 0 saturated carbocycles. The van der Waals surface area contributed by atoms with Crippen LogP contribution in [0, 0.1) is 6.92 Å². The molecule has 0 saturated heterocycles. The second-order valence-corrected chi connectivity index (χ2v) is 5.47. The Labute approximate surface area is 120 Å². The van der Waals surface area contributed by atoms with Crippen LogP contribution in [0.4, 0.5) is 5.69 Å². The SMILES string of the molecule is CCn1cc(NCc2c(C)nc3sccn23)ccc1=O. The zero-order valence-electron chi connectivity index (χ0n) is 11.5. The second-order valence-electron chi connectivity index (χ2n) is 4.60. The minimum absolute atomic E-state index is 0.0267. The Morgan fingerprint density at radius 1 is 1.40 bits per heavy atom. The van der Waals surface area contributed by atoms with Gasteiger partial charge in [-0.25, -0.2) is 4.98 Å². The first-order chi connectivity index (χ1) is 9.69. The molecule has 0 spiro atoms. The molecule has 0 amide bonds. The molecular weight excluding hydrogens is 272 g/mol. The van der Waals surface area contributed by atoms with Crippen molar-refractivity contribution in [2.45, 2.75) is 26.9 Å². The Bertz CT molecular complexity index is 799. The summed E-state index contributed by atoms with van der Waals surface area (Å²) in [5.41, 5.74) is 3.15. The predicted molar refractivity (Wildman–Crippen MR) is 81.5 cm³/mol. The zero-order chi connectivity index (χ0) is 14.1. The first-order valence-electron chi connectivity index (χ1n) is 6.54.